The maximum Gasteiger partial charge on any atom is 0.410 e. The van der Waals surface area contributed by atoms with Gasteiger partial charge in [0, 0.05) is 30.0 Å². The second-order valence-corrected chi connectivity index (χ2v) is 9.89. The van der Waals surface area contributed by atoms with Crippen molar-refractivity contribution >= 4 is 6.09 Å². The Morgan fingerprint density at radius 3 is 2.76 bits per heavy atom. The number of alkyl halides is 1. The molecule has 1 aliphatic rings. The number of aromatic amines is 1. The Morgan fingerprint density at radius 1 is 1.27 bits per heavy atom. The van der Waals surface area contributed by atoms with Crippen LogP contribution in [-0.4, -0.2) is 46.8 Å². The second kappa shape index (κ2) is 11.2. The van der Waals surface area contributed by atoms with Crippen molar-refractivity contribution in [1.82, 2.24) is 20.2 Å². The number of likely N-dealkylation sites (tertiary alicyclic amines) is 1. The molecule has 4 rings (SSSR count). The summed E-state index contributed by atoms with van der Waals surface area (Å²) in [5.41, 5.74) is 0.734. The summed E-state index contributed by atoms with van der Waals surface area (Å²) in [5, 5.41) is 3.36. The summed E-state index contributed by atoms with van der Waals surface area (Å²) in [4.78, 5) is 21.4. The molecule has 0 bridgehead atoms. The first kappa shape index (κ1) is 26.5. The molecule has 1 aliphatic heterocycles. The normalized spacial score (nSPS) is 18.6. The molecule has 1 fully saturated rings. The first-order chi connectivity index (χ1) is 17.7. The lowest BCUT2D eigenvalue weighted by Crippen LogP contribution is -2.39. The zero-order chi connectivity index (χ0) is 26.6. The van der Waals surface area contributed by atoms with E-state index in [9.17, 15) is 18.0 Å². The quantitative estimate of drug-likeness (QED) is 0.355. The Balaban J connectivity index is 1.42. The molecular weight excluding hydrogens is 481 g/mol. The number of rotatable bonds is 9. The van der Waals surface area contributed by atoms with Crippen LogP contribution in [0, 0.1) is 23.0 Å². The van der Waals surface area contributed by atoms with Crippen LogP contribution in [0.25, 0.3) is 11.3 Å². The minimum absolute atomic E-state index is 0.0424. The van der Waals surface area contributed by atoms with E-state index < -0.39 is 41.3 Å². The van der Waals surface area contributed by atoms with Crippen molar-refractivity contribution in [3.63, 3.8) is 0 Å². The van der Waals surface area contributed by atoms with Gasteiger partial charge >= 0.3 is 6.09 Å². The fourth-order valence-electron chi connectivity index (χ4n) is 4.41. The number of hydrogen-bond donors (Lipinski definition) is 2. The molecule has 9 heteroatoms. The van der Waals surface area contributed by atoms with E-state index in [1.807, 2.05) is 44.2 Å². The van der Waals surface area contributed by atoms with Gasteiger partial charge in [-0.05, 0) is 23.8 Å². The average Bonchev–Trinajstić information content (AvgIpc) is 3.52. The molecule has 0 spiro atoms. The van der Waals surface area contributed by atoms with E-state index in [0.29, 0.717) is 11.5 Å². The summed E-state index contributed by atoms with van der Waals surface area (Å²) in [6, 6.07) is 12.1. The molecule has 196 valence electrons. The number of amides is 1. The smallest absolute Gasteiger partial charge is 0.410 e. The highest BCUT2D eigenvalue weighted by molar-refractivity contribution is 5.68. The number of benzene rings is 2. The number of H-pyrrole nitrogens is 1. The molecule has 3 atom stereocenters. The van der Waals surface area contributed by atoms with E-state index in [4.69, 9.17) is 4.74 Å². The third kappa shape index (κ3) is 6.22. The first-order valence-corrected chi connectivity index (χ1v) is 12.1. The standard InChI is InChI=1S/C28H31F3N4O2/c1-4-28(2,3)25(26-33-14-24(34-26)21-12-20(29)10-11-22(21)30)32-13-19-15-35(16-23(19)31)27(36)37-17-18-8-6-5-7-9-18/h4-12,14,19,23,25,32H,1,13,15-17H2,2-3H3,(H,33,34). The van der Waals surface area contributed by atoms with Gasteiger partial charge in [0.1, 0.15) is 30.2 Å². The zero-order valence-electron chi connectivity index (χ0n) is 20.9. The highest BCUT2D eigenvalue weighted by Crippen LogP contribution is 2.35. The van der Waals surface area contributed by atoms with Crippen molar-refractivity contribution in [2.75, 3.05) is 19.6 Å². The fourth-order valence-corrected chi connectivity index (χ4v) is 4.41. The van der Waals surface area contributed by atoms with Crippen molar-refractivity contribution < 1.29 is 22.7 Å². The number of hydrogen-bond acceptors (Lipinski definition) is 4. The van der Waals surface area contributed by atoms with Crippen LogP contribution in [0.15, 0.2) is 67.4 Å². The Hall–Kier alpha value is -3.59. The van der Waals surface area contributed by atoms with E-state index in [1.54, 1.807) is 6.08 Å². The van der Waals surface area contributed by atoms with Crippen molar-refractivity contribution in [1.29, 1.82) is 0 Å². The summed E-state index contributed by atoms with van der Waals surface area (Å²) in [6.07, 6.45) is 1.42. The van der Waals surface area contributed by atoms with E-state index in [0.717, 1.165) is 23.8 Å². The number of halogens is 3. The molecule has 2 N–H and O–H groups in total. The number of carbonyl (C=O) groups is 1. The summed E-state index contributed by atoms with van der Waals surface area (Å²) in [5.74, 6) is -1.11. The Morgan fingerprint density at radius 2 is 2.03 bits per heavy atom. The molecule has 1 aromatic heterocycles. The maximum absolute atomic E-state index is 14.9. The molecule has 1 saturated heterocycles. The van der Waals surface area contributed by atoms with E-state index >= 15 is 0 Å². The van der Waals surface area contributed by atoms with Gasteiger partial charge in [-0.25, -0.2) is 22.9 Å². The summed E-state index contributed by atoms with van der Waals surface area (Å²) < 4.78 is 48.2. The van der Waals surface area contributed by atoms with Gasteiger partial charge in [-0.3, -0.25) is 0 Å². The lowest BCUT2D eigenvalue weighted by atomic mass is 9.83. The maximum atomic E-state index is 14.9. The Bertz CT molecular complexity index is 1230. The van der Waals surface area contributed by atoms with Gasteiger partial charge in [-0.2, -0.15) is 0 Å². The molecule has 2 heterocycles. The zero-order valence-corrected chi connectivity index (χ0v) is 20.9. The van der Waals surface area contributed by atoms with Gasteiger partial charge in [-0.15, -0.1) is 6.58 Å². The topological polar surface area (TPSA) is 70.2 Å². The molecule has 37 heavy (non-hydrogen) atoms. The molecule has 0 radical (unpaired) electrons. The summed E-state index contributed by atoms with van der Waals surface area (Å²) in [6.45, 7) is 8.34. The fraction of sp³-hybridized carbons (Fsp3) is 0.357. The number of aromatic nitrogens is 2. The number of ether oxygens (including phenoxy) is 1. The summed E-state index contributed by atoms with van der Waals surface area (Å²) in [7, 11) is 0. The molecule has 6 nitrogen and oxygen atoms in total. The first-order valence-electron chi connectivity index (χ1n) is 12.1. The monoisotopic (exact) mass is 512 g/mol. The van der Waals surface area contributed by atoms with Crippen molar-refractivity contribution in [2.45, 2.75) is 32.7 Å². The number of nitrogens with one attached hydrogen (secondary N) is 2. The Kier molecular flexibility index (Phi) is 8.02. The minimum atomic E-state index is -1.22. The van der Waals surface area contributed by atoms with Crippen molar-refractivity contribution in [2.24, 2.45) is 11.3 Å². The van der Waals surface area contributed by atoms with E-state index in [2.05, 4.69) is 21.9 Å². The number of nitrogens with zero attached hydrogens (tertiary/aromatic N) is 2. The summed E-state index contributed by atoms with van der Waals surface area (Å²) >= 11 is 0. The lowest BCUT2D eigenvalue weighted by Gasteiger charge is -2.32. The van der Waals surface area contributed by atoms with Gasteiger partial charge in [-0.1, -0.05) is 50.3 Å². The third-order valence-corrected chi connectivity index (χ3v) is 6.77. The lowest BCUT2D eigenvalue weighted by molar-refractivity contribution is 0.101. The highest BCUT2D eigenvalue weighted by Gasteiger charge is 2.38. The number of carbonyl (C=O) groups excluding carboxylic acids is 1. The predicted molar refractivity (Wildman–Crippen MR) is 135 cm³/mol. The Labute approximate surface area is 214 Å². The average molecular weight is 513 g/mol. The van der Waals surface area contributed by atoms with Gasteiger partial charge in [0.2, 0.25) is 0 Å². The molecule has 3 unspecified atom stereocenters. The van der Waals surface area contributed by atoms with Crippen LogP contribution in [0.2, 0.25) is 0 Å². The van der Waals surface area contributed by atoms with Crippen molar-refractivity contribution in [3.8, 4) is 11.3 Å². The molecule has 2 aromatic carbocycles. The van der Waals surface area contributed by atoms with E-state index in [1.165, 1.54) is 11.1 Å². The van der Waals surface area contributed by atoms with Gasteiger partial charge < -0.3 is 19.9 Å². The van der Waals surface area contributed by atoms with Crippen molar-refractivity contribution in [3.05, 3.63) is 90.4 Å². The molecule has 0 saturated carbocycles. The van der Waals surface area contributed by atoms with Gasteiger partial charge in [0.15, 0.2) is 0 Å². The molecular formula is C28H31F3N4O2. The predicted octanol–water partition coefficient (Wildman–Crippen LogP) is 5.80. The second-order valence-electron chi connectivity index (χ2n) is 9.89. The van der Waals surface area contributed by atoms with Crippen LogP contribution in [0.1, 0.15) is 31.3 Å². The molecule has 1 amide bonds. The van der Waals surface area contributed by atoms with Gasteiger partial charge in [0.05, 0.1) is 24.5 Å². The number of imidazole rings is 1. The largest absolute Gasteiger partial charge is 0.445 e. The van der Waals surface area contributed by atoms with Crippen LogP contribution >= 0.6 is 0 Å². The third-order valence-electron chi connectivity index (χ3n) is 6.77. The molecule has 0 aliphatic carbocycles. The minimum Gasteiger partial charge on any atom is -0.445 e. The SMILES string of the molecule is C=CC(C)(C)C(NCC1CN(C(=O)OCc2ccccc2)CC1F)c1ncc(-c2cc(F)ccc2F)[nH]1. The molecule has 3 aromatic rings. The van der Waals surface area contributed by atoms with E-state index in [-0.39, 0.29) is 31.8 Å². The highest BCUT2D eigenvalue weighted by atomic mass is 19.1. The van der Waals surface area contributed by atoms with Crippen LogP contribution in [0.4, 0.5) is 18.0 Å². The van der Waals surface area contributed by atoms with Crippen LogP contribution in [0.5, 0.6) is 0 Å². The van der Waals surface area contributed by atoms with Crippen LogP contribution in [0.3, 0.4) is 0 Å². The van der Waals surface area contributed by atoms with Gasteiger partial charge in [0.25, 0.3) is 0 Å². The van der Waals surface area contributed by atoms with Crippen LogP contribution < -0.4 is 5.32 Å². The van der Waals surface area contributed by atoms with Crippen LogP contribution in [-0.2, 0) is 11.3 Å².